The fraction of sp³-hybridized carbons (Fsp3) is 0.158. The summed E-state index contributed by atoms with van der Waals surface area (Å²) in [4.78, 5) is 22.3. The zero-order valence-electron chi connectivity index (χ0n) is 14.8. The van der Waals surface area contributed by atoms with Gasteiger partial charge in [-0.2, -0.15) is 5.10 Å². The molecule has 150 valence electrons. The van der Waals surface area contributed by atoms with Gasteiger partial charge in [0.05, 0.1) is 17.7 Å². The van der Waals surface area contributed by atoms with Crippen molar-refractivity contribution in [3.8, 4) is 5.75 Å². The van der Waals surface area contributed by atoms with E-state index in [-0.39, 0.29) is 23.8 Å². The van der Waals surface area contributed by atoms with Crippen molar-refractivity contribution in [3.63, 3.8) is 0 Å². The number of amides is 1. The standard InChI is InChI=1S/C19H15ClFN3O4S/c20-14-2-1-3-15(21)13(14)10-28-12-6-4-11(5-7-12)9-22-24-19-23-18(27)16(29-19)8-17(25)26/h1-7,9,16H,8,10H2,(H,25,26)(H,23,24,27)/b22-9+. The Balaban J connectivity index is 1.55. The Bertz CT molecular complexity index is 962. The number of ether oxygens (including phenoxy) is 1. The molecule has 1 aliphatic heterocycles. The molecule has 1 fully saturated rings. The van der Waals surface area contributed by atoms with Gasteiger partial charge in [-0.15, -0.1) is 5.10 Å². The topological polar surface area (TPSA) is 100 Å². The molecule has 29 heavy (non-hydrogen) atoms. The fourth-order valence-electron chi connectivity index (χ4n) is 2.37. The minimum atomic E-state index is -1.05. The van der Waals surface area contributed by atoms with Gasteiger partial charge in [0.2, 0.25) is 5.91 Å². The van der Waals surface area contributed by atoms with Crippen LogP contribution in [0.25, 0.3) is 0 Å². The maximum atomic E-state index is 13.7. The molecule has 1 heterocycles. The number of hydrogen-bond donors (Lipinski definition) is 2. The maximum Gasteiger partial charge on any atom is 0.305 e. The summed E-state index contributed by atoms with van der Waals surface area (Å²) in [7, 11) is 0. The van der Waals surface area contributed by atoms with Gasteiger partial charge in [0, 0.05) is 5.56 Å². The first-order valence-corrected chi connectivity index (χ1v) is 9.64. The van der Waals surface area contributed by atoms with E-state index in [4.69, 9.17) is 21.4 Å². The van der Waals surface area contributed by atoms with Crippen LogP contribution >= 0.6 is 23.4 Å². The Morgan fingerprint density at radius 3 is 2.76 bits per heavy atom. The molecule has 2 aromatic rings. The van der Waals surface area contributed by atoms with E-state index in [0.29, 0.717) is 10.8 Å². The quantitative estimate of drug-likeness (QED) is 0.512. The first-order chi connectivity index (χ1) is 13.9. The van der Waals surface area contributed by atoms with E-state index in [1.165, 1.54) is 18.3 Å². The SMILES string of the molecule is O=C(O)CC1S/C(=N/N=C/c2ccc(OCc3c(F)cccc3Cl)cc2)NC1=O. The van der Waals surface area contributed by atoms with Crippen molar-refractivity contribution < 1.29 is 23.8 Å². The van der Waals surface area contributed by atoms with Crippen LogP contribution in [0.15, 0.2) is 52.7 Å². The van der Waals surface area contributed by atoms with Gasteiger partial charge < -0.3 is 15.2 Å². The molecule has 1 amide bonds. The number of rotatable bonds is 7. The van der Waals surface area contributed by atoms with Crippen LogP contribution in [0, 0.1) is 5.82 Å². The number of halogens is 2. The number of carboxylic acid groups (broad SMARTS) is 1. The van der Waals surface area contributed by atoms with E-state index in [0.717, 1.165) is 17.3 Å². The first kappa shape index (κ1) is 20.8. The van der Waals surface area contributed by atoms with Crippen molar-refractivity contribution in [2.24, 2.45) is 10.2 Å². The second-order valence-electron chi connectivity index (χ2n) is 5.90. The number of thioether (sulfide) groups is 1. The summed E-state index contributed by atoms with van der Waals surface area (Å²) in [6.07, 6.45) is 1.19. The van der Waals surface area contributed by atoms with Gasteiger partial charge in [-0.05, 0) is 42.0 Å². The number of amidine groups is 1. The molecule has 0 bridgehead atoms. The van der Waals surface area contributed by atoms with E-state index in [2.05, 4.69) is 15.5 Å². The fourth-order valence-corrected chi connectivity index (χ4v) is 3.50. The van der Waals surface area contributed by atoms with Crippen LogP contribution in [-0.4, -0.2) is 33.6 Å². The van der Waals surface area contributed by atoms with E-state index in [9.17, 15) is 14.0 Å². The Morgan fingerprint density at radius 2 is 2.07 bits per heavy atom. The molecule has 0 radical (unpaired) electrons. The summed E-state index contributed by atoms with van der Waals surface area (Å²) in [5, 5.41) is 18.9. The molecule has 0 spiro atoms. The molecule has 1 unspecified atom stereocenters. The highest BCUT2D eigenvalue weighted by Crippen LogP contribution is 2.23. The summed E-state index contributed by atoms with van der Waals surface area (Å²) in [5.41, 5.74) is 1.01. The molecule has 2 N–H and O–H groups in total. The Kier molecular flexibility index (Phi) is 6.84. The average molecular weight is 436 g/mol. The predicted molar refractivity (Wildman–Crippen MR) is 109 cm³/mol. The lowest BCUT2D eigenvalue weighted by Gasteiger charge is -2.08. The van der Waals surface area contributed by atoms with Crippen molar-refractivity contribution in [2.75, 3.05) is 0 Å². The lowest BCUT2D eigenvalue weighted by molar-refractivity contribution is -0.138. The largest absolute Gasteiger partial charge is 0.489 e. The molecule has 3 rings (SSSR count). The van der Waals surface area contributed by atoms with Crippen LogP contribution in [0.4, 0.5) is 4.39 Å². The lowest BCUT2D eigenvalue weighted by atomic mass is 10.2. The molecule has 0 aromatic heterocycles. The van der Waals surface area contributed by atoms with Gasteiger partial charge in [0.1, 0.15) is 23.4 Å². The highest BCUT2D eigenvalue weighted by atomic mass is 35.5. The molecular formula is C19H15ClFN3O4S. The van der Waals surface area contributed by atoms with Gasteiger partial charge >= 0.3 is 5.97 Å². The van der Waals surface area contributed by atoms with Gasteiger partial charge in [-0.1, -0.05) is 29.4 Å². The number of benzene rings is 2. The molecular weight excluding hydrogens is 421 g/mol. The highest BCUT2D eigenvalue weighted by molar-refractivity contribution is 8.15. The predicted octanol–water partition coefficient (Wildman–Crippen LogP) is 3.45. The van der Waals surface area contributed by atoms with Crippen molar-refractivity contribution >= 4 is 46.6 Å². The summed E-state index contributed by atoms with van der Waals surface area (Å²) in [5.74, 6) is -1.35. The minimum absolute atomic E-state index is 0.00102. The van der Waals surface area contributed by atoms with Crippen LogP contribution < -0.4 is 10.1 Å². The third kappa shape index (κ3) is 5.78. The van der Waals surface area contributed by atoms with E-state index in [1.54, 1.807) is 30.3 Å². The summed E-state index contributed by atoms with van der Waals surface area (Å²) >= 11 is 6.99. The average Bonchev–Trinajstić information content (AvgIpc) is 3.01. The maximum absolute atomic E-state index is 13.7. The molecule has 10 heteroatoms. The highest BCUT2D eigenvalue weighted by Gasteiger charge is 2.32. The molecule has 1 aliphatic rings. The Labute approximate surface area is 174 Å². The zero-order valence-corrected chi connectivity index (χ0v) is 16.4. The third-order valence-corrected chi connectivity index (χ3v) is 5.24. The second-order valence-corrected chi connectivity index (χ2v) is 7.50. The number of nitrogens with one attached hydrogen (secondary N) is 1. The molecule has 1 atom stereocenters. The minimum Gasteiger partial charge on any atom is -0.489 e. The molecule has 0 aliphatic carbocycles. The van der Waals surface area contributed by atoms with Gasteiger partial charge in [0.15, 0.2) is 5.17 Å². The van der Waals surface area contributed by atoms with Crippen LogP contribution in [0.1, 0.15) is 17.5 Å². The first-order valence-electron chi connectivity index (χ1n) is 8.38. The molecule has 2 aromatic carbocycles. The Hall–Kier alpha value is -2.91. The third-order valence-electron chi connectivity index (χ3n) is 3.82. The normalized spacial score (nSPS) is 17.7. The lowest BCUT2D eigenvalue weighted by Crippen LogP contribution is -2.26. The van der Waals surface area contributed by atoms with E-state index < -0.39 is 22.9 Å². The van der Waals surface area contributed by atoms with Gasteiger partial charge in [-0.3, -0.25) is 9.59 Å². The zero-order chi connectivity index (χ0) is 20.8. The molecule has 7 nitrogen and oxygen atoms in total. The number of carbonyl (C=O) groups excluding carboxylic acids is 1. The number of aliphatic carboxylic acids is 1. The number of nitrogens with zero attached hydrogens (tertiary/aromatic N) is 2. The van der Waals surface area contributed by atoms with Gasteiger partial charge in [-0.25, -0.2) is 4.39 Å². The molecule has 1 saturated heterocycles. The molecule has 0 saturated carbocycles. The number of carbonyl (C=O) groups is 2. The Morgan fingerprint density at radius 1 is 1.31 bits per heavy atom. The summed E-state index contributed by atoms with van der Waals surface area (Å²) in [6, 6.07) is 11.3. The van der Waals surface area contributed by atoms with E-state index in [1.807, 2.05) is 0 Å². The van der Waals surface area contributed by atoms with Crippen molar-refractivity contribution in [3.05, 3.63) is 64.4 Å². The van der Waals surface area contributed by atoms with Crippen molar-refractivity contribution in [1.82, 2.24) is 5.32 Å². The van der Waals surface area contributed by atoms with Crippen LogP contribution in [0.3, 0.4) is 0 Å². The smallest absolute Gasteiger partial charge is 0.305 e. The number of hydrogen-bond acceptors (Lipinski definition) is 6. The van der Waals surface area contributed by atoms with Crippen molar-refractivity contribution in [2.45, 2.75) is 18.3 Å². The van der Waals surface area contributed by atoms with E-state index >= 15 is 0 Å². The van der Waals surface area contributed by atoms with Crippen LogP contribution in [0.5, 0.6) is 5.75 Å². The van der Waals surface area contributed by atoms with Crippen molar-refractivity contribution in [1.29, 1.82) is 0 Å². The monoisotopic (exact) mass is 435 g/mol. The van der Waals surface area contributed by atoms with Gasteiger partial charge in [0.25, 0.3) is 0 Å². The summed E-state index contributed by atoms with van der Waals surface area (Å²) < 4.78 is 19.3. The summed E-state index contributed by atoms with van der Waals surface area (Å²) in [6.45, 7) is 0.00102. The second kappa shape index (κ2) is 9.53. The number of carboxylic acids is 1. The van der Waals surface area contributed by atoms with Crippen LogP contribution in [-0.2, 0) is 16.2 Å². The van der Waals surface area contributed by atoms with Crippen LogP contribution in [0.2, 0.25) is 5.02 Å².